The number of benzene rings is 1. The minimum Gasteiger partial charge on any atom is -0.462 e. The molecule has 0 spiro atoms. The minimum absolute atomic E-state index is 0.248. The van der Waals surface area contributed by atoms with E-state index in [1.54, 1.807) is 26.0 Å². The van der Waals surface area contributed by atoms with Gasteiger partial charge < -0.3 is 9.47 Å². The van der Waals surface area contributed by atoms with Crippen LogP contribution >= 0.6 is 0 Å². The number of ether oxygens (including phenoxy) is 2. The monoisotopic (exact) mass is 333 g/mol. The van der Waals surface area contributed by atoms with Crippen LogP contribution in [0.5, 0.6) is 0 Å². The number of hydrogen-bond acceptors (Lipinski definition) is 4. The van der Waals surface area contributed by atoms with Gasteiger partial charge in [0.1, 0.15) is 0 Å². The molecule has 0 N–H and O–H groups in total. The molecule has 6 nitrogen and oxygen atoms in total. The van der Waals surface area contributed by atoms with Gasteiger partial charge in [0.05, 0.1) is 37.4 Å². The lowest BCUT2D eigenvalue weighted by Gasteiger charge is -2.08. The SMILES string of the molecule is CCOC(=O)c1cc2c(cc1C(=O)OCC)[n+](CC)c(C)n2CC. The van der Waals surface area contributed by atoms with Gasteiger partial charge in [-0.2, -0.15) is 0 Å². The van der Waals surface area contributed by atoms with Crippen LogP contribution in [0.2, 0.25) is 0 Å². The van der Waals surface area contributed by atoms with Crippen LogP contribution in [0.4, 0.5) is 0 Å². The number of rotatable bonds is 6. The second-order valence-electron chi connectivity index (χ2n) is 5.36. The highest BCUT2D eigenvalue weighted by atomic mass is 16.5. The molecule has 1 aromatic carbocycles. The number of nitrogens with zero attached hydrogens (tertiary/aromatic N) is 2. The van der Waals surface area contributed by atoms with Gasteiger partial charge in [0.2, 0.25) is 0 Å². The number of aryl methyl sites for hydroxylation is 2. The Morgan fingerprint density at radius 2 is 1.54 bits per heavy atom. The van der Waals surface area contributed by atoms with Gasteiger partial charge in [0.15, 0.2) is 11.0 Å². The van der Waals surface area contributed by atoms with E-state index in [9.17, 15) is 9.59 Å². The van der Waals surface area contributed by atoms with Crippen molar-refractivity contribution >= 4 is 23.0 Å². The summed E-state index contributed by atoms with van der Waals surface area (Å²) in [5, 5.41) is 0. The molecule has 1 heterocycles. The average Bonchev–Trinajstić information content (AvgIpc) is 2.83. The normalized spacial score (nSPS) is 10.9. The van der Waals surface area contributed by atoms with Crippen molar-refractivity contribution in [3.8, 4) is 0 Å². The predicted octanol–water partition coefficient (Wildman–Crippen LogP) is 2.63. The summed E-state index contributed by atoms with van der Waals surface area (Å²) in [7, 11) is 0. The Kier molecular flexibility index (Phi) is 5.59. The van der Waals surface area contributed by atoms with Crippen molar-refractivity contribution in [1.29, 1.82) is 0 Å². The Bertz CT molecular complexity index is 714. The zero-order valence-corrected chi connectivity index (χ0v) is 15.0. The standard InChI is InChI=1S/C18H25N2O4/c1-6-19-12(5)20(7-2)16-11-14(18(22)24-9-4)13(10-15(16)19)17(21)23-8-3/h10-11H,6-9H2,1-5H3/q+1. The summed E-state index contributed by atoms with van der Waals surface area (Å²) in [6, 6.07) is 3.48. The summed E-state index contributed by atoms with van der Waals surface area (Å²) < 4.78 is 14.5. The van der Waals surface area contributed by atoms with Gasteiger partial charge in [-0.3, -0.25) is 0 Å². The summed E-state index contributed by atoms with van der Waals surface area (Å²) in [4.78, 5) is 24.7. The minimum atomic E-state index is -0.507. The van der Waals surface area contributed by atoms with Crippen LogP contribution in [0.15, 0.2) is 12.1 Å². The van der Waals surface area contributed by atoms with Gasteiger partial charge in [0, 0.05) is 19.1 Å². The lowest BCUT2D eigenvalue weighted by Crippen LogP contribution is -2.35. The fourth-order valence-electron chi connectivity index (χ4n) is 3.06. The second kappa shape index (κ2) is 7.47. The molecule has 0 fully saturated rings. The Morgan fingerprint density at radius 3 is 2.00 bits per heavy atom. The average molecular weight is 333 g/mol. The summed E-state index contributed by atoms with van der Waals surface area (Å²) in [5.74, 6) is 0.0600. The summed E-state index contributed by atoms with van der Waals surface area (Å²) >= 11 is 0. The van der Waals surface area contributed by atoms with Crippen molar-refractivity contribution in [2.75, 3.05) is 13.2 Å². The van der Waals surface area contributed by atoms with Crippen molar-refractivity contribution in [2.45, 2.75) is 47.7 Å². The van der Waals surface area contributed by atoms with Crippen molar-refractivity contribution in [3.05, 3.63) is 29.1 Å². The number of esters is 2. The van der Waals surface area contributed by atoms with E-state index < -0.39 is 11.9 Å². The fraction of sp³-hybridized carbons (Fsp3) is 0.500. The predicted molar refractivity (Wildman–Crippen MR) is 90.1 cm³/mol. The molecule has 0 saturated carbocycles. The molecule has 0 aliphatic carbocycles. The Labute approximate surface area is 142 Å². The molecule has 2 rings (SSSR count). The first-order valence-electron chi connectivity index (χ1n) is 8.40. The molecule has 2 aromatic rings. The van der Waals surface area contributed by atoms with Crippen LogP contribution in [-0.2, 0) is 22.6 Å². The molecular formula is C18H25N2O4+. The zero-order valence-electron chi connectivity index (χ0n) is 15.0. The molecule has 24 heavy (non-hydrogen) atoms. The quantitative estimate of drug-likeness (QED) is 0.602. The lowest BCUT2D eigenvalue weighted by atomic mass is 10.1. The maximum Gasteiger partial charge on any atom is 0.339 e. The highest BCUT2D eigenvalue weighted by molar-refractivity contribution is 6.06. The van der Waals surface area contributed by atoms with Crippen LogP contribution in [0.3, 0.4) is 0 Å². The first kappa shape index (κ1) is 18.0. The number of carbonyl (C=O) groups excluding carboxylic acids is 2. The highest BCUT2D eigenvalue weighted by Crippen LogP contribution is 2.22. The molecule has 0 aliphatic rings. The smallest absolute Gasteiger partial charge is 0.339 e. The topological polar surface area (TPSA) is 61.4 Å². The van der Waals surface area contributed by atoms with Gasteiger partial charge in [-0.25, -0.2) is 18.7 Å². The van der Waals surface area contributed by atoms with Gasteiger partial charge in [-0.05, 0) is 27.7 Å². The van der Waals surface area contributed by atoms with Crippen LogP contribution in [0.25, 0.3) is 11.0 Å². The largest absolute Gasteiger partial charge is 0.462 e. The van der Waals surface area contributed by atoms with E-state index in [4.69, 9.17) is 9.47 Å². The first-order valence-corrected chi connectivity index (χ1v) is 8.40. The van der Waals surface area contributed by atoms with Crippen molar-refractivity contribution in [3.63, 3.8) is 0 Å². The van der Waals surface area contributed by atoms with Crippen LogP contribution < -0.4 is 4.57 Å². The van der Waals surface area contributed by atoms with E-state index in [2.05, 4.69) is 23.0 Å². The molecule has 1 aromatic heterocycles. The molecule has 6 heteroatoms. The maximum atomic E-state index is 12.3. The van der Waals surface area contributed by atoms with E-state index in [1.165, 1.54) is 0 Å². The third-order valence-electron chi connectivity index (χ3n) is 4.10. The van der Waals surface area contributed by atoms with E-state index >= 15 is 0 Å². The Hall–Kier alpha value is -2.37. The number of fused-ring (bicyclic) bond motifs is 1. The van der Waals surface area contributed by atoms with Crippen molar-refractivity contribution in [2.24, 2.45) is 0 Å². The lowest BCUT2D eigenvalue weighted by molar-refractivity contribution is -0.674. The molecule has 0 bridgehead atoms. The van der Waals surface area contributed by atoms with E-state index in [0.29, 0.717) is 0 Å². The first-order chi connectivity index (χ1) is 11.5. The van der Waals surface area contributed by atoms with Crippen LogP contribution in [0.1, 0.15) is 54.2 Å². The zero-order chi connectivity index (χ0) is 17.9. The van der Waals surface area contributed by atoms with Gasteiger partial charge in [-0.1, -0.05) is 0 Å². The van der Waals surface area contributed by atoms with Crippen molar-refractivity contribution in [1.82, 2.24) is 4.57 Å². The molecule has 0 saturated heterocycles. The molecule has 0 amide bonds. The van der Waals surface area contributed by atoms with Gasteiger partial charge in [0.25, 0.3) is 5.82 Å². The number of hydrogen-bond donors (Lipinski definition) is 0. The van der Waals surface area contributed by atoms with E-state index in [-0.39, 0.29) is 24.3 Å². The number of carbonyl (C=O) groups is 2. The Balaban J connectivity index is 2.79. The third-order valence-corrected chi connectivity index (χ3v) is 4.10. The molecule has 0 atom stereocenters. The molecule has 0 radical (unpaired) electrons. The number of imidazole rings is 1. The van der Waals surface area contributed by atoms with Crippen LogP contribution in [0, 0.1) is 6.92 Å². The maximum absolute atomic E-state index is 12.3. The van der Waals surface area contributed by atoms with Crippen molar-refractivity contribution < 1.29 is 23.6 Å². The van der Waals surface area contributed by atoms with Crippen LogP contribution in [-0.4, -0.2) is 29.7 Å². The summed E-state index contributed by atoms with van der Waals surface area (Å²) in [6.07, 6.45) is 0. The Morgan fingerprint density at radius 1 is 1.00 bits per heavy atom. The highest BCUT2D eigenvalue weighted by Gasteiger charge is 2.27. The van der Waals surface area contributed by atoms with Gasteiger partial charge >= 0.3 is 11.9 Å². The summed E-state index contributed by atoms with van der Waals surface area (Å²) in [6.45, 7) is 11.7. The van der Waals surface area contributed by atoms with Gasteiger partial charge in [-0.15, -0.1) is 0 Å². The van der Waals surface area contributed by atoms with E-state index in [1.807, 2.05) is 6.92 Å². The second-order valence-corrected chi connectivity index (χ2v) is 5.36. The summed E-state index contributed by atoms with van der Waals surface area (Å²) in [5.41, 5.74) is 2.32. The third kappa shape index (κ3) is 3.00. The number of aromatic nitrogens is 2. The molecule has 0 aliphatic heterocycles. The molecular weight excluding hydrogens is 308 g/mol. The van der Waals surface area contributed by atoms with E-state index in [0.717, 1.165) is 29.9 Å². The molecule has 0 unspecified atom stereocenters. The molecule has 130 valence electrons. The fourth-order valence-corrected chi connectivity index (χ4v) is 3.06.